The summed E-state index contributed by atoms with van der Waals surface area (Å²) in [6.45, 7) is -0.0971. The third-order valence-electron chi connectivity index (χ3n) is 4.46. The van der Waals surface area contributed by atoms with Gasteiger partial charge in [0, 0.05) is 31.3 Å². The van der Waals surface area contributed by atoms with E-state index in [0.29, 0.717) is 11.6 Å². The molecule has 1 saturated carbocycles. The van der Waals surface area contributed by atoms with Crippen LogP contribution in [0.2, 0.25) is 0 Å². The molecule has 0 spiro atoms. The van der Waals surface area contributed by atoms with Crippen molar-refractivity contribution in [3.8, 4) is 0 Å². The molecule has 0 radical (unpaired) electrons. The van der Waals surface area contributed by atoms with Gasteiger partial charge in [-0.2, -0.15) is 0 Å². The highest BCUT2D eigenvalue weighted by molar-refractivity contribution is 5.39. The van der Waals surface area contributed by atoms with Crippen LogP contribution in [-0.2, 0) is 13.7 Å². The lowest BCUT2D eigenvalue weighted by molar-refractivity contribution is -0.384. The van der Waals surface area contributed by atoms with Gasteiger partial charge in [0.2, 0.25) is 0 Å². The van der Waals surface area contributed by atoms with Gasteiger partial charge in [-0.25, -0.2) is 4.98 Å². The Hall–Kier alpha value is -2.21. The average Bonchev–Trinajstić information content (AvgIpc) is 2.83. The van der Waals surface area contributed by atoms with E-state index in [2.05, 4.69) is 4.98 Å². The number of rotatable bonds is 5. The van der Waals surface area contributed by atoms with E-state index in [4.69, 9.17) is 0 Å². The lowest BCUT2D eigenvalue weighted by Crippen LogP contribution is -2.24. The molecular weight excluding hydrogens is 282 g/mol. The van der Waals surface area contributed by atoms with Gasteiger partial charge in [0.05, 0.1) is 17.2 Å². The Balaban J connectivity index is 2.04. The summed E-state index contributed by atoms with van der Waals surface area (Å²) in [5.41, 5.74) is 1.67. The molecule has 0 saturated heterocycles. The number of aryl methyl sites for hydroxylation is 1. The number of non-ortho nitro benzene ring substituents is 1. The number of hydrogen-bond donors (Lipinski definition) is 1. The Morgan fingerprint density at radius 3 is 2.82 bits per heavy atom. The van der Waals surface area contributed by atoms with Gasteiger partial charge < -0.3 is 9.67 Å². The summed E-state index contributed by atoms with van der Waals surface area (Å²) in [5, 5.41) is 20.3. The van der Waals surface area contributed by atoms with Gasteiger partial charge in [0.25, 0.3) is 5.69 Å². The van der Waals surface area contributed by atoms with Gasteiger partial charge in [-0.15, -0.1) is 0 Å². The predicted octanol–water partition coefficient (Wildman–Crippen LogP) is 2.75. The lowest BCUT2D eigenvalue weighted by atomic mass is 9.72. The number of imidazole rings is 1. The Kier molecular flexibility index (Phi) is 3.94. The van der Waals surface area contributed by atoms with Crippen LogP contribution < -0.4 is 0 Å². The second-order valence-electron chi connectivity index (χ2n) is 5.88. The maximum atomic E-state index is 11.0. The van der Waals surface area contributed by atoms with E-state index < -0.39 is 0 Å². The molecule has 1 aliphatic rings. The Morgan fingerprint density at radius 2 is 2.27 bits per heavy atom. The normalized spacial score (nSPS) is 16.3. The lowest BCUT2D eigenvalue weighted by Gasteiger charge is -2.33. The zero-order chi connectivity index (χ0) is 15.7. The zero-order valence-corrected chi connectivity index (χ0v) is 12.5. The van der Waals surface area contributed by atoms with Crippen molar-refractivity contribution >= 4 is 5.69 Å². The van der Waals surface area contributed by atoms with Gasteiger partial charge in [-0.3, -0.25) is 10.1 Å². The highest BCUT2D eigenvalue weighted by atomic mass is 16.6. The van der Waals surface area contributed by atoms with Gasteiger partial charge >= 0.3 is 0 Å². The minimum atomic E-state index is -0.362. The highest BCUT2D eigenvalue weighted by Crippen LogP contribution is 2.43. The molecular formula is C16H19N3O3. The molecule has 1 heterocycles. The SMILES string of the molecule is Cn1cc(CO)nc1C(c1cccc([N+](=O)[O-])c1)C1CCC1. The molecule has 1 unspecified atom stereocenters. The summed E-state index contributed by atoms with van der Waals surface area (Å²) >= 11 is 0. The van der Waals surface area contributed by atoms with Gasteiger partial charge in [0.1, 0.15) is 5.82 Å². The van der Waals surface area contributed by atoms with Crippen LogP contribution >= 0.6 is 0 Å². The molecule has 2 aromatic rings. The number of aromatic nitrogens is 2. The quantitative estimate of drug-likeness (QED) is 0.680. The van der Waals surface area contributed by atoms with Crippen LogP contribution in [0.5, 0.6) is 0 Å². The molecule has 1 aromatic carbocycles. The minimum absolute atomic E-state index is 0.0407. The molecule has 3 rings (SSSR count). The van der Waals surface area contributed by atoms with Crippen molar-refractivity contribution in [1.29, 1.82) is 0 Å². The fraction of sp³-hybridized carbons (Fsp3) is 0.438. The molecule has 1 aliphatic carbocycles. The smallest absolute Gasteiger partial charge is 0.269 e. The monoisotopic (exact) mass is 301 g/mol. The van der Waals surface area contributed by atoms with E-state index in [-0.39, 0.29) is 23.1 Å². The summed E-state index contributed by atoms with van der Waals surface area (Å²) < 4.78 is 1.92. The van der Waals surface area contributed by atoms with Crippen molar-refractivity contribution < 1.29 is 10.0 Å². The van der Waals surface area contributed by atoms with Crippen molar-refractivity contribution in [2.75, 3.05) is 0 Å². The first kappa shape index (κ1) is 14.7. The van der Waals surface area contributed by atoms with Crippen molar-refractivity contribution in [3.05, 3.63) is 57.7 Å². The third kappa shape index (κ3) is 2.62. The fourth-order valence-corrected chi connectivity index (χ4v) is 3.15. The van der Waals surface area contributed by atoms with Crippen molar-refractivity contribution in [3.63, 3.8) is 0 Å². The fourth-order valence-electron chi connectivity index (χ4n) is 3.15. The Morgan fingerprint density at radius 1 is 1.50 bits per heavy atom. The van der Waals surface area contributed by atoms with Crippen molar-refractivity contribution in [1.82, 2.24) is 9.55 Å². The van der Waals surface area contributed by atoms with Gasteiger partial charge in [-0.1, -0.05) is 18.6 Å². The van der Waals surface area contributed by atoms with Crippen LogP contribution in [-0.4, -0.2) is 19.6 Å². The Bertz CT molecular complexity index is 692. The summed E-state index contributed by atoms with van der Waals surface area (Å²) in [7, 11) is 1.91. The number of hydrogen-bond acceptors (Lipinski definition) is 4. The molecule has 116 valence electrons. The number of aliphatic hydroxyl groups excluding tert-OH is 1. The summed E-state index contributed by atoms with van der Waals surface area (Å²) in [4.78, 5) is 15.2. The van der Waals surface area contributed by atoms with E-state index in [1.165, 1.54) is 12.5 Å². The van der Waals surface area contributed by atoms with E-state index in [0.717, 1.165) is 24.2 Å². The van der Waals surface area contributed by atoms with Crippen LogP contribution in [0, 0.1) is 16.0 Å². The second kappa shape index (κ2) is 5.88. The molecule has 1 N–H and O–H groups in total. The van der Waals surface area contributed by atoms with Crippen molar-refractivity contribution in [2.45, 2.75) is 31.8 Å². The van der Waals surface area contributed by atoms with E-state index in [1.54, 1.807) is 12.1 Å². The molecule has 1 atom stereocenters. The van der Waals surface area contributed by atoms with Crippen LogP contribution in [0.1, 0.15) is 42.3 Å². The Labute approximate surface area is 128 Å². The molecule has 6 nitrogen and oxygen atoms in total. The minimum Gasteiger partial charge on any atom is -0.390 e. The number of benzene rings is 1. The molecule has 1 aromatic heterocycles. The predicted molar refractivity (Wildman–Crippen MR) is 81.4 cm³/mol. The third-order valence-corrected chi connectivity index (χ3v) is 4.46. The number of nitro groups is 1. The van der Waals surface area contributed by atoms with Crippen LogP contribution in [0.4, 0.5) is 5.69 Å². The molecule has 0 bridgehead atoms. The molecule has 1 fully saturated rings. The molecule has 0 aliphatic heterocycles. The van der Waals surface area contributed by atoms with Gasteiger partial charge in [0.15, 0.2) is 0 Å². The number of nitro benzene ring substituents is 1. The zero-order valence-electron chi connectivity index (χ0n) is 12.5. The van der Waals surface area contributed by atoms with E-state index in [1.807, 2.05) is 23.9 Å². The molecule has 22 heavy (non-hydrogen) atoms. The molecule has 6 heteroatoms. The first-order valence-corrected chi connectivity index (χ1v) is 7.47. The summed E-state index contributed by atoms with van der Waals surface area (Å²) in [6.07, 6.45) is 5.22. The van der Waals surface area contributed by atoms with E-state index >= 15 is 0 Å². The highest BCUT2D eigenvalue weighted by Gasteiger charge is 2.33. The topological polar surface area (TPSA) is 81.2 Å². The largest absolute Gasteiger partial charge is 0.390 e. The first-order valence-electron chi connectivity index (χ1n) is 7.47. The van der Waals surface area contributed by atoms with Crippen LogP contribution in [0.25, 0.3) is 0 Å². The van der Waals surface area contributed by atoms with Crippen molar-refractivity contribution in [2.24, 2.45) is 13.0 Å². The first-order chi connectivity index (χ1) is 10.6. The van der Waals surface area contributed by atoms with Gasteiger partial charge in [-0.05, 0) is 24.3 Å². The van der Waals surface area contributed by atoms with E-state index in [9.17, 15) is 15.2 Å². The number of nitrogens with zero attached hydrogens (tertiary/aromatic N) is 3. The maximum absolute atomic E-state index is 11.0. The maximum Gasteiger partial charge on any atom is 0.269 e. The summed E-state index contributed by atoms with van der Waals surface area (Å²) in [6, 6.07) is 6.83. The van der Waals surface area contributed by atoms with Crippen LogP contribution in [0.3, 0.4) is 0 Å². The summed E-state index contributed by atoms with van der Waals surface area (Å²) in [5.74, 6) is 1.36. The van der Waals surface area contributed by atoms with Crippen LogP contribution in [0.15, 0.2) is 30.5 Å². The second-order valence-corrected chi connectivity index (χ2v) is 5.88. The number of aliphatic hydroxyl groups is 1. The molecule has 0 amide bonds. The average molecular weight is 301 g/mol. The standard InChI is InChI=1S/C16H19N3O3/c1-18-9-13(10-20)17-16(18)15(11-4-2-5-11)12-6-3-7-14(8-12)19(21)22/h3,6-9,11,15,20H,2,4-5,10H2,1H3.